The fourth-order valence-corrected chi connectivity index (χ4v) is 4.92. The van der Waals surface area contributed by atoms with Gasteiger partial charge in [-0.15, -0.1) is 0 Å². The first-order valence-corrected chi connectivity index (χ1v) is 12.3. The van der Waals surface area contributed by atoms with Crippen LogP contribution in [0, 0.1) is 5.92 Å². The van der Waals surface area contributed by atoms with Crippen LogP contribution in [0.4, 0.5) is 5.69 Å². The summed E-state index contributed by atoms with van der Waals surface area (Å²) in [6, 6.07) is 16.3. The number of nitrogens with zero attached hydrogens (tertiary/aromatic N) is 1. The van der Waals surface area contributed by atoms with Crippen molar-refractivity contribution in [3.05, 3.63) is 77.6 Å². The molecule has 3 N–H and O–H groups in total. The SMILES string of the molecule is CC(Cc1cccn1-c1ccc(S(N)(=O)=O)cc1)C(=O)c1ccc2c(c1)NCCC2(C)C. The van der Waals surface area contributed by atoms with Crippen molar-refractivity contribution in [2.45, 2.75) is 43.9 Å². The van der Waals surface area contributed by atoms with Gasteiger partial charge in [-0.1, -0.05) is 32.9 Å². The Morgan fingerprint density at radius 3 is 2.56 bits per heavy atom. The summed E-state index contributed by atoms with van der Waals surface area (Å²) in [5.41, 5.74) is 4.93. The zero-order chi connectivity index (χ0) is 23.1. The molecule has 1 atom stereocenters. The molecule has 7 heteroatoms. The normalized spacial score (nSPS) is 16.1. The quantitative estimate of drug-likeness (QED) is 0.547. The van der Waals surface area contributed by atoms with Crippen LogP contribution in [-0.2, 0) is 21.9 Å². The highest BCUT2D eigenvalue weighted by molar-refractivity contribution is 7.89. The summed E-state index contributed by atoms with van der Waals surface area (Å²) in [5.74, 6) is -0.0997. The van der Waals surface area contributed by atoms with Crippen LogP contribution < -0.4 is 10.5 Å². The van der Waals surface area contributed by atoms with Crippen molar-refractivity contribution in [1.29, 1.82) is 0 Å². The van der Waals surface area contributed by atoms with Crippen LogP contribution in [0.15, 0.2) is 65.7 Å². The Hall–Kier alpha value is -2.90. The summed E-state index contributed by atoms with van der Waals surface area (Å²) in [5, 5.41) is 8.63. The minimum absolute atomic E-state index is 0.0719. The second-order valence-corrected chi connectivity index (χ2v) is 10.8. The van der Waals surface area contributed by atoms with Crippen LogP contribution in [0.25, 0.3) is 5.69 Å². The summed E-state index contributed by atoms with van der Waals surface area (Å²) in [6.07, 6.45) is 3.54. The van der Waals surface area contributed by atoms with Gasteiger partial charge >= 0.3 is 0 Å². The molecule has 0 amide bonds. The maximum atomic E-state index is 13.2. The van der Waals surface area contributed by atoms with Crippen molar-refractivity contribution < 1.29 is 13.2 Å². The Labute approximate surface area is 189 Å². The van der Waals surface area contributed by atoms with Gasteiger partial charge in [-0.2, -0.15) is 0 Å². The van der Waals surface area contributed by atoms with Gasteiger partial charge in [-0.05, 0) is 66.3 Å². The van der Waals surface area contributed by atoms with Crippen LogP contribution in [0.5, 0.6) is 0 Å². The number of rotatable bonds is 6. The smallest absolute Gasteiger partial charge is 0.238 e. The van der Waals surface area contributed by atoms with Gasteiger partial charge in [0.25, 0.3) is 0 Å². The molecule has 2 heterocycles. The summed E-state index contributed by atoms with van der Waals surface area (Å²) in [7, 11) is -3.73. The van der Waals surface area contributed by atoms with Crippen molar-refractivity contribution >= 4 is 21.5 Å². The molecule has 32 heavy (non-hydrogen) atoms. The van der Waals surface area contributed by atoms with Crippen LogP contribution in [0.3, 0.4) is 0 Å². The van der Waals surface area contributed by atoms with E-state index in [0.29, 0.717) is 6.42 Å². The van der Waals surface area contributed by atoms with Crippen molar-refractivity contribution in [3.8, 4) is 5.69 Å². The first-order valence-electron chi connectivity index (χ1n) is 10.8. The standard InChI is InChI=1S/C25H29N3O3S/c1-17(24(29)18-6-11-22-23(16-18)27-13-12-25(22,2)3)15-20-5-4-14-28(20)19-7-9-21(10-8-19)32(26,30)31/h4-11,14,16-17,27H,12-13,15H2,1-3H3,(H2,26,30,31). The van der Waals surface area contributed by atoms with Gasteiger partial charge in [0.05, 0.1) is 4.90 Å². The third-order valence-corrected chi connectivity index (χ3v) is 7.27. The fraction of sp³-hybridized carbons (Fsp3) is 0.320. The molecule has 0 saturated heterocycles. The molecule has 0 radical (unpaired) electrons. The molecule has 0 saturated carbocycles. The lowest BCUT2D eigenvalue weighted by molar-refractivity contribution is 0.0928. The molecule has 0 spiro atoms. The van der Waals surface area contributed by atoms with Crippen molar-refractivity contribution in [2.75, 3.05) is 11.9 Å². The van der Waals surface area contributed by atoms with Crippen LogP contribution in [0.2, 0.25) is 0 Å². The molecule has 0 fully saturated rings. The molecule has 2 aromatic carbocycles. The number of Topliss-reactive ketones (excluding diaryl/α,β-unsaturated/α-hetero) is 1. The molecule has 0 bridgehead atoms. The van der Waals surface area contributed by atoms with E-state index in [-0.39, 0.29) is 22.0 Å². The lowest BCUT2D eigenvalue weighted by Crippen LogP contribution is -2.28. The van der Waals surface area contributed by atoms with Crippen molar-refractivity contribution in [1.82, 2.24) is 4.57 Å². The molecule has 0 aliphatic carbocycles. The maximum absolute atomic E-state index is 13.2. The summed E-state index contributed by atoms with van der Waals surface area (Å²) >= 11 is 0. The summed E-state index contributed by atoms with van der Waals surface area (Å²) in [6.45, 7) is 7.33. The summed E-state index contributed by atoms with van der Waals surface area (Å²) in [4.78, 5) is 13.3. The van der Waals surface area contributed by atoms with Gasteiger partial charge in [-0.25, -0.2) is 13.6 Å². The average molecular weight is 452 g/mol. The summed E-state index contributed by atoms with van der Waals surface area (Å²) < 4.78 is 25.0. The van der Waals surface area contributed by atoms with E-state index >= 15 is 0 Å². The molecule has 1 unspecified atom stereocenters. The Bertz CT molecular complexity index is 1260. The minimum Gasteiger partial charge on any atom is -0.385 e. The number of benzene rings is 2. The fourth-order valence-electron chi connectivity index (χ4n) is 4.40. The molecule has 168 valence electrons. The number of primary sulfonamides is 1. The molecule has 1 aliphatic rings. The van der Waals surface area contributed by atoms with Crippen LogP contribution >= 0.6 is 0 Å². The number of sulfonamides is 1. The first kappa shape index (κ1) is 22.3. The van der Waals surface area contributed by atoms with Gasteiger partial charge in [0.2, 0.25) is 10.0 Å². The molecular formula is C25H29N3O3S. The van der Waals surface area contributed by atoms with E-state index in [1.807, 2.05) is 42.0 Å². The first-order chi connectivity index (χ1) is 15.1. The molecule has 1 aliphatic heterocycles. The average Bonchev–Trinajstić information content (AvgIpc) is 3.20. The highest BCUT2D eigenvalue weighted by atomic mass is 32.2. The number of fused-ring (bicyclic) bond motifs is 1. The zero-order valence-electron chi connectivity index (χ0n) is 18.6. The number of carbonyl (C=O) groups excluding carboxylic acids is 1. The van der Waals surface area contributed by atoms with Crippen molar-refractivity contribution in [3.63, 3.8) is 0 Å². The van der Waals surface area contributed by atoms with Gasteiger partial charge in [-0.3, -0.25) is 4.79 Å². The van der Waals surface area contributed by atoms with E-state index in [9.17, 15) is 13.2 Å². The second kappa shape index (κ2) is 8.22. The maximum Gasteiger partial charge on any atom is 0.238 e. The number of nitrogens with one attached hydrogen (secondary N) is 1. The third kappa shape index (κ3) is 4.36. The number of anilines is 1. The highest BCUT2D eigenvalue weighted by Gasteiger charge is 2.28. The van der Waals surface area contributed by atoms with E-state index in [4.69, 9.17) is 5.14 Å². The van der Waals surface area contributed by atoms with Gasteiger partial charge in [0.1, 0.15) is 0 Å². The highest BCUT2D eigenvalue weighted by Crippen LogP contribution is 2.37. The van der Waals surface area contributed by atoms with Crippen LogP contribution in [-0.4, -0.2) is 25.3 Å². The Balaban J connectivity index is 1.54. The van der Waals surface area contributed by atoms with E-state index in [2.05, 4.69) is 25.2 Å². The minimum atomic E-state index is -3.73. The molecular weight excluding hydrogens is 422 g/mol. The number of ketones is 1. The van der Waals surface area contributed by atoms with E-state index in [1.165, 1.54) is 17.7 Å². The number of hydrogen-bond acceptors (Lipinski definition) is 4. The number of nitrogens with two attached hydrogens (primary N) is 1. The predicted molar refractivity (Wildman–Crippen MR) is 127 cm³/mol. The van der Waals surface area contributed by atoms with Gasteiger partial charge in [0.15, 0.2) is 5.78 Å². The van der Waals surface area contributed by atoms with Gasteiger partial charge in [0, 0.05) is 41.3 Å². The third-order valence-electron chi connectivity index (χ3n) is 6.34. The molecule has 3 aromatic rings. The number of aromatic nitrogens is 1. The lowest BCUT2D eigenvalue weighted by atomic mass is 9.77. The molecule has 4 rings (SSSR count). The van der Waals surface area contributed by atoms with E-state index in [0.717, 1.165) is 35.6 Å². The molecule has 1 aromatic heterocycles. The van der Waals surface area contributed by atoms with Crippen LogP contribution in [0.1, 0.15) is 48.8 Å². The largest absolute Gasteiger partial charge is 0.385 e. The zero-order valence-corrected chi connectivity index (χ0v) is 19.4. The van der Waals surface area contributed by atoms with E-state index in [1.54, 1.807) is 12.1 Å². The second-order valence-electron chi connectivity index (χ2n) is 9.20. The molecule has 6 nitrogen and oxygen atoms in total. The lowest BCUT2D eigenvalue weighted by Gasteiger charge is -2.33. The monoisotopic (exact) mass is 451 g/mol. The topological polar surface area (TPSA) is 94.2 Å². The van der Waals surface area contributed by atoms with Gasteiger partial charge < -0.3 is 9.88 Å². The predicted octanol–water partition coefficient (Wildman–Crippen LogP) is 4.28. The number of carbonyl (C=O) groups is 1. The van der Waals surface area contributed by atoms with E-state index < -0.39 is 10.0 Å². The number of hydrogen-bond donors (Lipinski definition) is 2. The Morgan fingerprint density at radius 2 is 1.88 bits per heavy atom. The Kier molecular flexibility index (Phi) is 5.73. The Morgan fingerprint density at radius 1 is 1.16 bits per heavy atom. The van der Waals surface area contributed by atoms with Crippen molar-refractivity contribution in [2.24, 2.45) is 11.1 Å².